The van der Waals surface area contributed by atoms with Gasteiger partial charge in [-0.15, -0.1) is 0 Å². The fourth-order valence-corrected chi connectivity index (χ4v) is 2.17. The van der Waals surface area contributed by atoms with Crippen LogP contribution in [0.5, 0.6) is 0 Å². The molecule has 0 saturated heterocycles. The van der Waals surface area contributed by atoms with Crippen LogP contribution in [0.1, 0.15) is 12.0 Å². The summed E-state index contributed by atoms with van der Waals surface area (Å²) in [5.74, 6) is -1.56. The number of hydrogen-bond acceptors (Lipinski definition) is 5. The van der Waals surface area contributed by atoms with Gasteiger partial charge in [-0.25, -0.2) is 0 Å². The van der Waals surface area contributed by atoms with E-state index in [-0.39, 0.29) is 11.3 Å². The number of non-ortho nitro benzene ring substituents is 1. The van der Waals surface area contributed by atoms with Gasteiger partial charge in [0.15, 0.2) is 0 Å². The number of alkyl halides is 6. The first-order valence-electron chi connectivity index (χ1n) is 6.76. The van der Waals surface area contributed by atoms with Crippen molar-refractivity contribution in [3.05, 3.63) is 39.9 Å². The van der Waals surface area contributed by atoms with Crippen LogP contribution in [0.2, 0.25) is 0 Å². The summed E-state index contributed by atoms with van der Waals surface area (Å²) < 4.78 is 77.1. The number of hydrazone groups is 1. The quantitative estimate of drug-likeness (QED) is 0.491. The summed E-state index contributed by atoms with van der Waals surface area (Å²) in [6, 6.07) is 4.03. The smallest absolute Gasteiger partial charge is 0.362 e. The molecule has 26 heavy (non-hydrogen) atoms. The Morgan fingerprint density at radius 3 is 2.19 bits per heavy atom. The van der Waals surface area contributed by atoms with E-state index in [1.807, 2.05) is 0 Å². The number of carbonyl (C=O) groups excluding carboxylic acids is 1. The van der Waals surface area contributed by atoms with Gasteiger partial charge in [0.1, 0.15) is 5.71 Å². The largest absolute Gasteiger partial charge is 0.438 e. The zero-order chi connectivity index (χ0) is 19.9. The maximum Gasteiger partial charge on any atom is 0.438 e. The Morgan fingerprint density at radius 2 is 1.77 bits per heavy atom. The summed E-state index contributed by atoms with van der Waals surface area (Å²) in [6.07, 6.45) is -13.7. The lowest BCUT2D eigenvalue weighted by molar-refractivity contribution is -0.384. The SMILES string of the molecule is O=C(Cc1ccc([N+](=O)[O-])cc1)N1N=C(C(F)(F)F)C[C@@]1(O)C(F)(F)F. The highest BCUT2D eigenvalue weighted by Gasteiger charge is 2.65. The number of nitro benzene ring substituents is 1. The molecule has 13 heteroatoms. The van der Waals surface area contributed by atoms with E-state index in [9.17, 15) is 46.4 Å². The number of aliphatic hydroxyl groups is 1. The Hall–Kier alpha value is -2.70. The van der Waals surface area contributed by atoms with Gasteiger partial charge in [0.2, 0.25) is 5.91 Å². The summed E-state index contributed by atoms with van der Waals surface area (Å²) >= 11 is 0. The third-order valence-corrected chi connectivity index (χ3v) is 3.51. The number of nitro groups is 1. The van der Waals surface area contributed by atoms with Crippen molar-refractivity contribution < 1.29 is 41.2 Å². The van der Waals surface area contributed by atoms with E-state index in [1.165, 1.54) is 0 Å². The number of hydrogen-bond donors (Lipinski definition) is 1. The van der Waals surface area contributed by atoms with Crippen LogP contribution < -0.4 is 0 Å². The van der Waals surface area contributed by atoms with Crippen molar-refractivity contribution >= 4 is 17.3 Å². The molecule has 1 atom stereocenters. The first kappa shape index (κ1) is 19.6. The molecule has 0 aliphatic carbocycles. The summed E-state index contributed by atoms with van der Waals surface area (Å²) in [4.78, 5) is 21.8. The monoisotopic (exact) mass is 385 g/mol. The Bertz CT molecular complexity index is 759. The van der Waals surface area contributed by atoms with Crippen molar-refractivity contribution in [2.24, 2.45) is 5.10 Å². The minimum absolute atomic E-state index is 0.0132. The molecular weight excluding hydrogens is 376 g/mol. The van der Waals surface area contributed by atoms with E-state index in [1.54, 1.807) is 0 Å². The highest BCUT2D eigenvalue weighted by atomic mass is 19.4. The Morgan fingerprint density at radius 1 is 1.23 bits per heavy atom. The molecule has 7 nitrogen and oxygen atoms in total. The number of benzene rings is 1. The first-order valence-corrected chi connectivity index (χ1v) is 6.76. The van der Waals surface area contributed by atoms with E-state index < -0.39 is 52.5 Å². The number of amides is 1. The fraction of sp³-hybridized carbons (Fsp3) is 0.385. The van der Waals surface area contributed by atoms with Gasteiger partial charge in [0.25, 0.3) is 11.4 Å². The second-order valence-corrected chi connectivity index (χ2v) is 5.34. The van der Waals surface area contributed by atoms with Crippen LogP contribution in [0.4, 0.5) is 32.0 Å². The van der Waals surface area contributed by atoms with Crippen molar-refractivity contribution in [1.29, 1.82) is 0 Å². The van der Waals surface area contributed by atoms with Gasteiger partial charge in [0, 0.05) is 12.1 Å². The minimum atomic E-state index is -5.59. The van der Waals surface area contributed by atoms with Gasteiger partial charge in [-0.2, -0.15) is 36.5 Å². The summed E-state index contributed by atoms with van der Waals surface area (Å²) in [5, 5.41) is 22.2. The van der Waals surface area contributed by atoms with Gasteiger partial charge in [-0.05, 0) is 5.56 Å². The number of carbonyl (C=O) groups is 1. The molecule has 0 bridgehead atoms. The van der Waals surface area contributed by atoms with Gasteiger partial charge in [0.05, 0.1) is 17.8 Å². The molecule has 0 fully saturated rings. The Labute approximate surface area is 140 Å². The molecule has 1 aliphatic heterocycles. The lowest BCUT2D eigenvalue weighted by Crippen LogP contribution is -2.57. The molecule has 1 heterocycles. The van der Waals surface area contributed by atoms with E-state index in [4.69, 9.17) is 0 Å². The lowest BCUT2D eigenvalue weighted by atomic mass is 10.0. The molecule has 1 N–H and O–H groups in total. The maximum absolute atomic E-state index is 13.0. The van der Waals surface area contributed by atoms with Crippen LogP contribution in [0, 0.1) is 10.1 Å². The number of nitrogens with zero attached hydrogens (tertiary/aromatic N) is 3. The molecule has 1 aromatic rings. The molecule has 1 aromatic carbocycles. The normalized spacial score (nSPS) is 20.9. The minimum Gasteiger partial charge on any atom is -0.362 e. The average molecular weight is 385 g/mol. The van der Waals surface area contributed by atoms with E-state index in [0.29, 0.717) is 0 Å². The predicted octanol–water partition coefficient (Wildman–Crippen LogP) is 2.54. The van der Waals surface area contributed by atoms with E-state index in [2.05, 4.69) is 5.10 Å². The number of rotatable bonds is 3. The van der Waals surface area contributed by atoms with Crippen molar-refractivity contribution in [1.82, 2.24) is 5.01 Å². The van der Waals surface area contributed by atoms with Crippen molar-refractivity contribution in [2.45, 2.75) is 30.9 Å². The van der Waals surface area contributed by atoms with Crippen molar-refractivity contribution in [2.75, 3.05) is 0 Å². The molecule has 0 unspecified atom stereocenters. The van der Waals surface area contributed by atoms with Gasteiger partial charge < -0.3 is 5.11 Å². The summed E-state index contributed by atoms with van der Waals surface area (Å²) in [7, 11) is 0. The van der Waals surface area contributed by atoms with Crippen LogP contribution in [0.15, 0.2) is 29.4 Å². The molecule has 0 spiro atoms. The van der Waals surface area contributed by atoms with Gasteiger partial charge in [-0.1, -0.05) is 12.1 Å². The maximum atomic E-state index is 13.0. The topological polar surface area (TPSA) is 96.0 Å². The van der Waals surface area contributed by atoms with Gasteiger partial charge >= 0.3 is 12.4 Å². The highest BCUT2D eigenvalue weighted by molar-refractivity contribution is 5.94. The third-order valence-electron chi connectivity index (χ3n) is 3.51. The predicted molar refractivity (Wildman–Crippen MR) is 72.8 cm³/mol. The van der Waals surface area contributed by atoms with Crippen molar-refractivity contribution in [3.8, 4) is 0 Å². The summed E-state index contributed by atoms with van der Waals surface area (Å²) in [5.41, 5.74) is -6.45. The zero-order valence-corrected chi connectivity index (χ0v) is 12.5. The van der Waals surface area contributed by atoms with Crippen LogP contribution >= 0.6 is 0 Å². The van der Waals surface area contributed by atoms with Crippen LogP contribution in [-0.2, 0) is 11.2 Å². The molecular formula is C13H9F6N3O4. The van der Waals surface area contributed by atoms with Crippen LogP contribution in [0.25, 0.3) is 0 Å². The van der Waals surface area contributed by atoms with E-state index in [0.717, 1.165) is 24.3 Å². The molecule has 0 radical (unpaired) electrons. The fourth-order valence-electron chi connectivity index (χ4n) is 2.17. The molecule has 2 rings (SSSR count). The molecule has 1 aliphatic rings. The summed E-state index contributed by atoms with van der Waals surface area (Å²) in [6.45, 7) is 0. The lowest BCUT2D eigenvalue weighted by Gasteiger charge is -2.32. The molecule has 0 saturated carbocycles. The first-order chi connectivity index (χ1) is 11.8. The Kier molecular flexibility index (Phi) is 4.70. The molecule has 1 amide bonds. The number of halogens is 6. The second-order valence-electron chi connectivity index (χ2n) is 5.34. The van der Waals surface area contributed by atoms with Crippen LogP contribution in [0.3, 0.4) is 0 Å². The van der Waals surface area contributed by atoms with E-state index >= 15 is 0 Å². The van der Waals surface area contributed by atoms with Crippen molar-refractivity contribution in [3.63, 3.8) is 0 Å². The average Bonchev–Trinajstić information content (AvgIpc) is 2.87. The third kappa shape index (κ3) is 3.61. The van der Waals surface area contributed by atoms with Crippen LogP contribution in [-0.4, -0.2) is 44.7 Å². The zero-order valence-electron chi connectivity index (χ0n) is 12.5. The second kappa shape index (κ2) is 6.23. The van der Waals surface area contributed by atoms with Gasteiger partial charge in [-0.3, -0.25) is 14.9 Å². The molecule has 142 valence electrons. The Balaban J connectivity index is 2.31. The standard InChI is InChI=1S/C13H9F6N3O4/c14-12(15,16)9-6-11(24,13(17,18)19)21(20-9)10(23)5-7-1-3-8(4-2-7)22(25)26/h1-4,24H,5-6H2/t11-/m1/s1. The molecule has 0 aromatic heterocycles. The highest BCUT2D eigenvalue weighted by Crippen LogP contribution is 2.43.